The molecule has 0 radical (unpaired) electrons. The molecule has 106 valence electrons. The monoisotopic (exact) mass is 274 g/mol. The average molecular weight is 274 g/mol. The van der Waals surface area contributed by atoms with Gasteiger partial charge < -0.3 is 5.32 Å². The van der Waals surface area contributed by atoms with Crippen molar-refractivity contribution in [3.63, 3.8) is 0 Å². The molecule has 0 unspecified atom stereocenters. The molecule has 1 N–H and O–H groups in total. The van der Waals surface area contributed by atoms with Crippen LogP contribution in [0.3, 0.4) is 0 Å². The van der Waals surface area contributed by atoms with Crippen LogP contribution in [0.15, 0.2) is 0 Å². The van der Waals surface area contributed by atoms with Gasteiger partial charge in [0.25, 0.3) is 0 Å². The number of rotatable bonds is 9. The molecule has 0 spiro atoms. The van der Waals surface area contributed by atoms with Crippen LogP contribution in [0.1, 0.15) is 46.0 Å². The van der Waals surface area contributed by atoms with E-state index in [9.17, 15) is 8.42 Å². The third-order valence-electron chi connectivity index (χ3n) is 3.58. The number of nitrogens with zero attached hydrogens (tertiary/aromatic N) is 1. The SMILES string of the molecule is CC(C)NCCCS(=O)(=O)N(CC1CC1)C1CC1. The Kier molecular flexibility index (Phi) is 4.67. The highest BCUT2D eigenvalue weighted by atomic mass is 32.2. The second-order valence-corrected chi connectivity index (χ2v) is 8.06. The highest BCUT2D eigenvalue weighted by Gasteiger charge is 2.39. The van der Waals surface area contributed by atoms with E-state index in [1.165, 1.54) is 12.8 Å². The standard InChI is InChI=1S/C13H26N2O2S/c1-11(2)14-8-3-9-18(16,17)15(13-6-7-13)10-12-4-5-12/h11-14H,3-10H2,1-2H3. The van der Waals surface area contributed by atoms with E-state index in [4.69, 9.17) is 0 Å². The molecule has 4 nitrogen and oxygen atoms in total. The van der Waals surface area contributed by atoms with Crippen molar-refractivity contribution in [1.82, 2.24) is 9.62 Å². The summed E-state index contributed by atoms with van der Waals surface area (Å²) in [4.78, 5) is 0. The Hall–Kier alpha value is -0.130. The third-order valence-corrected chi connectivity index (χ3v) is 5.54. The minimum absolute atomic E-state index is 0.302. The van der Waals surface area contributed by atoms with Gasteiger partial charge >= 0.3 is 0 Å². The van der Waals surface area contributed by atoms with Gasteiger partial charge in [-0.3, -0.25) is 0 Å². The third kappa shape index (κ3) is 4.52. The maximum Gasteiger partial charge on any atom is 0.214 e. The fraction of sp³-hybridized carbons (Fsp3) is 1.00. The zero-order chi connectivity index (χ0) is 13.2. The van der Waals surface area contributed by atoms with Crippen molar-refractivity contribution < 1.29 is 8.42 Å². The quantitative estimate of drug-likeness (QED) is 0.649. The van der Waals surface area contributed by atoms with Crippen LogP contribution in [0, 0.1) is 5.92 Å². The molecule has 2 rings (SSSR count). The smallest absolute Gasteiger partial charge is 0.214 e. The first kappa shape index (κ1) is 14.3. The molecule has 0 aromatic carbocycles. The van der Waals surface area contributed by atoms with Gasteiger partial charge in [-0.25, -0.2) is 8.42 Å². The molecule has 2 fully saturated rings. The molecule has 0 saturated heterocycles. The van der Waals surface area contributed by atoms with E-state index in [-0.39, 0.29) is 0 Å². The maximum absolute atomic E-state index is 12.3. The highest BCUT2D eigenvalue weighted by Crippen LogP contribution is 2.36. The number of nitrogens with one attached hydrogen (secondary N) is 1. The minimum Gasteiger partial charge on any atom is -0.314 e. The van der Waals surface area contributed by atoms with Crippen molar-refractivity contribution in [3.05, 3.63) is 0 Å². The predicted octanol–water partition coefficient (Wildman–Crippen LogP) is 1.58. The summed E-state index contributed by atoms with van der Waals surface area (Å²) in [6, 6.07) is 0.757. The Morgan fingerprint density at radius 1 is 1.22 bits per heavy atom. The van der Waals surface area contributed by atoms with Crippen LogP contribution in [0.5, 0.6) is 0 Å². The fourth-order valence-electron chi connectivity index (χ4n) is 2.17. The molecular formula is C13H26N2O2S. The Bertz CT molecular complexity index is 359. The summed E-state index contributed by atoms with van der Waals surface area (Å²) in [6.07, 6.45) is 5.28. The molecule has 0 heterocycles. The van der Waals surface area contributed by atoms with Crippen molar-refractivity contribution in [2.24, 2.45) is 5.92 Å². The molecule has 2 saturated carbocycles. The first-order valence-corrected chi connectivity index (χ1v) is 8.83. The topological polar surface area (TPSA) is 49.4 Å². The van der Waals surface area contributed by atoms with Crippen LogP contribution in [-0.4, -0.2) is 43.6 Å². The van der Waals surface area contributed by atoms with Crippen molar-refractivity contribution in [2.45, 2.75) is 58.0 Å². The highest BCUT2D eigenvalue weighted by molar-refractivity contribution is 7.89. The van der Waals surface area contributed by atoms with E-state index in [0.717, 1.165) is 25.9 Å². The van der Waals surface area contributed by atoms with Crippen LogP contribution in [-0.2, 0) is 10.0 Å². The number of hydrogen-bond acceptors (Lipinski definition) is 3. The first-order valence-electron chi connectivity index (χ1n) is 7.22. The molecule has 0 amide bonds. The Morgan fingerprint density at radius 2 is 1.89 bits per heavy atom. The molecular weight excluding hydrogens is 248 g/mol. The van der Waals surface area contributed by atoms with Gasteiger partial charge in [-0.15, -0.1) is 0 Å². The van der Waals surface area contributed by atoms with E-state index in [1.54, 1.807) is 4.31 Å². The summed E-state index contributed by atoms with van der Waals surface area (Å²) in [6.45, 7) is 5.74. The zero-order valence-electron chi connectivity index (χ0n) is 11.6. The molecule has 0 bridgehead atoms. The summed E-state index contributed by atoms with van der Waals surface area (Å²) >= 11 is 0. The fourth-order valence-corrected chi connectivity index (χ4v) is 4.02. The largest absolute Gasteiger partial charge is 0.314 e. The lowest BCUT2D eigenvalue weighted by Gasteiger charge is -2.21. The molecule has 2 aliphatic carbocycles. The van der Waals surface area contributed by atoms with E-state index < -0.39 is 10.0 Å². The lowest BCUT2D eigenvalue weighted by molar-refractivity contribution is 0.387. The van der Waals surface area contributed by atoms with Gasteiger partial charge in [0.2, 0.25) is 10.0 Å². The lowest BCUT2D eigenvalue weighted by Crippen LogP contribution is -2.37. The summed E-state index contributed by atoms with van der Waals surface area (Å²) in [5.41, 5.74) is 0. The average Bonchev–Trinajstić information content (AvgIpc) is 3.13. The van der Waals surface area contributed by atoms with Crippen molar-refractivity contribution in [1.29, 1.82) is 0 Å². The molecule has 0 aromatic heterocycles. The van der Waals surface area contributed by atoms with Crippen molar-refractivity contribution in [3.8, 4) is 0 Å². The maximum atomic E-state index is 12.3. The molecule has 18 heavy (non-hydrogen) atoms. The van der Waals surface area contributed by atoms with Gasteiger partial charge in [-0.1, -0.05) is 13.8 Å². The molecule has 2 aliphatic rings. The first-order chi connectivity index (χ1) is 8.49. The Morgan fingerprint density at radius 3 is 2.39 bits per heavy atom. The van der Waals surface area contributed by atoms with Gasteiger partial charge in [-0.2, -0.15) is 4.31 Å². The molecule has 5 heteroatoms. The van der Waals surface area contributed by atoms with Gasteiger partial charge in [0.15, 0.2) is 0 Å². The van der Waals surface area contributed by atoms with Crippen LogP contribution < -0.4 is 5.32 Å². The molecule has 0 atom stereocenters. The summed E-state index contributed by atoms with van der Waals surface area (Å²) in [5, 5.41) is 3.27. The summed E-state index contributed by atoms with van der Waals surface area (Å²) in [7, 11) is -3.02. The van der Waals surface area contributed by atoms with Crippen molar-refractivity contribution >= 4 is 10.0 Å². The summed E-state index contributed by atoms with van der Waals surface area (Å²) in [5.74, 6) is 0.949. The predicted molar refractivity (Wildman–Crippen MR) is 74.0 cm³/mol. The van der Waals surface area contributed by atoms with Crippen LogP contribution >= 0.6 is 0 Å². The molecule has 0 aromatic rings. The van der Waals surface area contributed by atoms with Gasteiger partial charge in [0, 0.05) is 18.6 Å². The van der Waals surface area contributed by atoms with E-state index in [2.05, 4.69) is 19.2 Å². The van der Waals surface area contributed by atoms with Gasteiger partial charge in [-0.05, 0) is 44.6 Å². The van der Waals surface area contributed by atoms with E-state index in [1.807, 2.05) is 0 Å². The summed E-state index contributed by atoms with van der Waals surface area (Å²) < 4.78 is 26.4. The van der Waals surface area contributed by atoms with E-state index >= 15 is 0 Å². The van der Waals surface area contributed by atoms with Crippen LogP contribution in [0.25, 0.3) is 0 Å². The van der Waals surface area contributed by atoms with E-state index in [0.29, 0.717) is 30.2 Å². The van der Waals surface area contributed by atoms with Crippen LogP contribution in [0.4, 0.5) is 0 Å². The normalized spacial score (nSPS) is 20.9. The Balaban J connectivity index is 1.78. The van der Waals surface area contributed by atoms with Crippen molar-refractivity contribution in [2.75, 3.05) is 18.8 Å². The number of hydrogen-bond donors (Lipinski definition) is 1. The second-order valence-electron chi connectivity index (χ2n) is 6.02. The lowest BCUT2D eigenvalue weighted by atomic mass is 10.4. The van der Waals surface area contributed by atoms with Gasteiger partial charge in [0.1, 0.15) is 0 Å². The Labute approximate surface area is 111 Å². The van der Waals surface area contributed by atoms with Crippen LogP contribution in [0.2, 0.25) is 0 Å². The van der Waals surface area contributed by atoms with Gasteiger partial charge in [0.05, 0.1) is 5.75 Å². The molecule has 0 aliphatic heterocycles. The number of sulfonamides is 1. The zero-order valence-corrected chi connectivity index (χ0v) is 12.4. The minimum atomic E-state index is -3.02. The second kappa shape index (κ2) is 5.88.